The van der Waals surface area contributed by atoms with Gasteiger partial charge in [-0.05, 0) is 64.9 Å². The Morgan fingerprint density at radius 3 is 2.48 bits per heavy atom. The molecule has 2 N–H and O–H groups in total. The number of thioether (sulfide) groups is 1. The number of ether oxygens (including phenoxy) is 1. The van der Waals surface area contributed by atoms with Gasteiger partial charge in [0.15, 0.2) is 5.96 Å². The normalized spacial score (nSPS) is 22.4. The van der Waals surface area contributed by atoms with E-state index in [2.05, 4.69) is 28.7 Å². The molecule has 0 amide bonds. The number of nitrogens with one attached hydrogen (secondary N) is 2. The molecular weight excluding hydrogens is 332 g/mol. The van der Waals surface area contributed by atoms with Gasteiger partial charge in [0.05, 0.1) is 6.54 Å². The molecule has 5 nitrogen and oxygen atoms in total. The van der Waals surface area contributed by atoms with Gasteiger partial charge in [0.25, 0.3) is 0 Å². The van der Waals surface area contributed by atoms with E-state index in [1.807, 2.05) is 11.8 Å². The van der Waals surface area contributed by atoms with E-state index < -0.39 is 0 Å². The van der Waals surface area contributed by atoms with Crippen LogP contribution in [0, 0.1) is 0 Å². The van der Waals surface area contributed by atoms with Crippen molar-refractivity contribution in [1.29, 1.82) is 0 Å². The summed E-state index contributed by atoms with van der Waals surface area (Å²) >= 11 is 1.95. The molecule has 0 bridgehead atoms. The van der Waals surface area contributed by atoms with Gasteiger partial charge in [-0.1, -0.05) is 12.8 Å². The van der Waals surface area contributed by atoms with E-state index in [0.717, 1.165) is 51.6 Å². The molecule has 0 radical (unpaired) electrons. The van der Waals surface area contributed by atoms with Crippen molar-refractivity contribution in [3.8, 4) is 0 Å². The highest BCUT2D eigenvalue weighted by Crippen LogP contribution is 2.33. The average Bonchev–Trinajstić information content (AvgIpc) is 2.93. The van der Waals surface area contributed by atoms with E-state index in [-0.39, 0.29) is 4.75 Å². The molecule has 2 aliphatic heterocycles. The van der Waals surface area contributed by atoms with Crippen LogP contribution in [0.3, 0.4) is 0 Å². The van der Waals surface area contributed by atoms with Crippen LogP contribution in [0.25, 0.3) is 0 Å². The second-order valence-corrected chi connectivity index (χ2v) is 8.51. The number of guanidine groups is 1. The molecule has 0 atom stereocenters. The summed E-state index contributed by atoms with van der Waals surface area (Å²) in [6.45, 7) is 10.4. The molecule has 0 aromatic carbocycles. The van der Waals surface area contributed by atoms with Gasteiger partial charge in [-0.25, -0.2) is 0 Å². The zero-order chi connectivity index (χ0) is 17.8. The van der Waals surface area contributed by atoms with Crippen LogP contribution in [0.15, 0.2) is 4.99 Å². The quantitative estimate of drug-likeness (QED) is 0.391. The molecule has 25 heavy (non-hydrogen) atoms. The summed E-state index contributed by atoms with van der Waals surface area (Å²) in [4.78, 5) is 7.51. The summed E-state index contributed by atoms with van der Waals surface area (Å²) in [5.74, 6) is 0.971. The summed E-state index contributed by atoms with van der Waals surface area (Å²) in [6, 6.07) is 0. The van der Waals surface area contributed by atoms with Crippen LogP contribution in [0.5, 0.6) is 0 Å². The smallest absolute Gasteiger partial charge is 0.191 e. The van der Waals surface area contributed by atoms with E-state index in [4.69, 9.17) is 9.73 Å². The number of hydrogen-bond donors (Lipinski definition) is 2. The highest BCUT2D eigenvalue weighted by Gasteiger charge is 2.31. The molecular formula is C19H38N4OS. The van der Waals surface area contributed by atoms with Gasteiger partial charge in [-0.2, -0.15) is 11.8 Å². The monoisotopic (exact) mass is 370 g/mol. The lowest BCUT2D eigenvalue weighted by atomic mass is 9.99. The Kier molecular flexibility index (Phi) is 10.0. The average molecular weight is 371 g/mol. The molecule has 2 fully saturated rings. The Bertz CT molecular complexity index is 378. The van der Waals surface area contributed by atoms with E-state index >= 15 is 0 Å². The maximum absolute atomic E-state index is 5.53. The van der Waals surface area contributed by atoms with Crippen LogP contribution >= 0.6 is 11.8 Å². The summed E-state index contributed by atoms with van der Waals surface area (Å²) in [7, 11) is 0. The minimum Gasteiger partial charge on any atom is -0.381 e. The van der Waals surface area contributed by atoms with Crippen LogP contribution < -0.4 is 10.6 Å². The van der Waals surface area contributed by atoms with Crippen molar-refractivity contribution in [2.75, 3.05) is 58.7 Å². The lowest BCUT2D eigenvalue weighted by molar-refractivity contribution is 0.0794. The fraction of sp³-hybridized carbons (Fsp3) is 0.947. The van der Waals surface area contributed by atoms with Crippen molar-refractivity contribution in [2.24, 2.45) is 4.99 Å². The lowest BCUT2D eigenvalue weighted by Crippen LogP contribution is -2.41. The Labute approximate surface area is 158 Å². The van der Waals surface area contributed by atoms with Crippen molar-refractivity contribution >= 4 is 17.7 Å². The first-order valence-corrected chi connectivity index (χ1v) is 11.4. The van der Waals surface area contributed by atoms with Crippen LogP contribution in [-0.4, -0.2) is 74.3 Å². The predicted molar refractivity (Wildman–Crippen MR) is 110 cm³/mol. The van der Waals surface area contributed by atoms with Gasteiger partial charge >= 0.3 is 0 Å². The molecule has 0 spiro atoms. The fourth-order valence-corrected chi connectivity index (χ4v) is 4.37. The Morgan fingerprint density at radius 1 is 1.12 bits per heavy atom. The minimum absolute atomic E-state index is 0.257. The minimum atomic E-state index is 0.257. The first-order valence-electron chi connectivity index (χ1n) is 10.2. The van der Waals surface area contributed by atoms with Crippen LogP contribution in [-0.2, 0) is 4.74 Å². The SMILES string of the molecule is CCNC(=NCC1(SC)CCOCC1)NCCCN1CCCCCC1. The van der Waals surface area contributed by atoms with Crippen LogP contribution in [0.1, 0.15) is 51.9 Å². The molecule has 0 saturated carbocycles. The molecule has 0 unspecified atom stereocenters. The predicted octanol–water partition coefficient (Wildman–Crippen LogP) is 2.72. The molecule has 2 saturated heterocycles. The maximum atomic E-state index is 5.53. The number of aliphatic imine (C=N–C) groups is 1. The second kappa shape index (κ2) is 12.0. The number of likely N-dealkylation sites (tertiary alicyclic amines) is 1. The van der Waals surface area contributed by atoms with E-state index in [0.29, 0.717) is 0 Å². The van der Waals surface area contributed by atoms with Gasteiger partial charge in [0.2, 0.25) is 0 Å². The summed E-state index contributed by atoms with van der Waals surface area (Å²) in [5.41, 5.74) is 0. The summed E-state index contributed by atoms with van der Waals surface area (Å²) in [5, 5.41) is 6.93. The van der Waals surface area contributed by atoms with Crippen molar-refractivity contribution in [3.05, 3.63) is 0 Å². The lowest BCUT2D eigenvalue weighted by Gasteiger charge is -2.34. The third-order valence-corrected chi connectivity index (χ3v) is 6.75. The Balaban J connectivity index is 1.73. The Morgan fingerprint density at radius 2 is 1.84 bits per heavy atom. The zero-order valence-corrected chi connectivity index (χ0v) is 17.1. The molecule has 6 heteroatoms. The van der Waals surface area contributed by atoms with Gasteiger partial charge in [-0.15, -0.1) is 0 Å². The van der Waals surface area contributed by atoms with Gasteiger partial charge < -0.3 is 20.3 Å². The maximum Gasteiger partial charge on any atom is 0.191 e. The first kappa shape index (κ1) is 20.8. The first-order chi connectivity index (χ1) is 12.3. The van der Waals surface area contributed by atoms with Gasteiger partial charge in [-0.3, -0.25) is 4.99 Å². The molecule has 146 valence electrons. The third-order valence-electron chi connectivity index (χ3n) is 5.35. The van der Waals surface area contributed by atoms with Crippen molar-refractivity contribution in [2.45, 2.75) is 56.6 Å². The molecule has 0 aromatic rings. The number of nitrogens with zero attached hydrogens (tertiary/aromatic N) is 2. The molecule has 0 aromatic heterocycles. The molecule has 2 aliphatic rings. The van der Waals surface area contributed by atoms with Crippen molar-refractivity contribution < 1.29 is 4.74 Å². The van der Waals surface area contributed by atoms with Gasteiger partial charge in [0.1, 0.15) is 0 Å². The Hall–Kier alpha value is -0.460. The largest absolute Gasteiger partial charge is 0.381 e. The second-order valence-electron chi connectivity index (χ2n) is 7.23. The zero-order valence-electron chi connectivity index (χ0n) is 16.3. The highest BCUT2D eigenvalue weighted by atomic mass is 32.2. The van der Waals surface area contributed by atoms with Crippen molar-refractivity contribution in [1.82, 2.24) is 15.5 Å². The van der Waals surface area contributed by atoms with Crippen molar-refractivity contribution in [3.63, 3.8) is 0 Å². The third kappa shape index (κ3) is 7.75. The topological polar surface area (TPSA) is 48.9 Å². The summed E-state index contributed by atoms with van der Waals surface area (Å²) in [6.07, 6.45) is 11.2. The fourth-order valence-electron chi connectivity index (χ4n) is 3.60. The van der Waals surface area contributed by atoms with Crippen LogP contribution in [0.2, 0.25) is 0 Å². The highest BCUT2D eigenvalue weighted by molar-refractivity contribution is 8.00. The van der Waals surface area contributed by atoms with Crippen LogP contribution in [0.4, 0.5) is 0 Å². The number of hydrogen-bond acceptors (Lipinski definition) is 4. The molecule has 2 heterocycles. The number of rotatable bonds is 8. The van der Waals surface area contributed by atoms with E-state index in [9.17, 15) is 0 Å². The van der Waals surface area contributed by atoms with E-state index in [1.54, 1.807) is 0 Å². The van der Waals surface area contributed by atoms with E-state index in [1.165, 1.54) is 51.7 Å². The molecule has 2 rings (SSSR count). The standard InChI is InChI=1S/C19H38N4OS/c1-3-20-18(22-17-19(25-2)9-15-24-16-10-19)21-11-8-14-23-12-6-4-5-7-13-23/h3-17H2,1-2H3,(H2,20,21,22). The molecule has 0 aliphatic carbocycles. The summed E-state index contributed by atoms with van der Waals surface area (Å²) < 4.78 is 5.79. The van der Waals surface area contributed by atoms with Gasteiger partial charge in [0, 0.05) is 31.1 Å².